The van der Waals surface area contributed by atoms with E-state index in [-0.39, 0.29) is 16.5 Å². The first-order valence-electron chi connectivity index (χ1n) is 7.07. The van der Waals surface area contributed by atoms with Crippen molar-refractivity contribution in [2.24, 2.45) is 5.92 Å². The standard InChI is InChI=1S/C15H20ClFN2O/c1-2-19(10-11-6-8-18-9-7-11)15(20)12-4-3-5-13(17)14(12)16/h3-5,11,18H,2,6-10H2,1H3. The van der Waals surface area contributed by atoms with Gasteiger partial charge in [-0.1, -0.05) is 17.7 Å². The Bertz CT molecular complexity index is 475. The lowest BCUT2D eigenvalue weighted by Gasteiger charge is -2.29. The van der Waals surface area contributed by atoms with Crippen LogP contribution in [-0.2, 0) is 0 Å². The maximum Gasteiger partial charge on any atom is 0.255 e. The third-order valence-electron chi connectivity index (χ3n) is 3.79. The van der Waals surface area contributed by atoms with Crippen LogP contribution >= 0.6 is 11.6 Å². The lowest BCUT2D eigenvalue weighted by molar-refractivity contribution is 0.0726. The van der Waals surface area contributed by atoms with E-state index in [1.807, 2.05) is 6.92 Å². The number of halogens is 2. The van der Waals surface area contributed by atoms with Gasteiger partial charge in [-0.25, -0.2) is 4.39 Å². The van der Waals surface area contributed by atoms with E-state index in [0.717, 1.165) is 25.9 Å². The summed E-state index contributed by atoms with van der Waals surface area (Å²) in [5.41, 5.74) is 0.252. The maximum absolute atomic E-state index is 13.5. The lowest BCUT2D eigenvalue weighted by atomic mass is 9.97. The van der Waals surface area contributed by atoms with Crippen LogP contribution < -0.4 is 5.32 Å². The molecule has 0 unspecified atom stereocenters. The summed E-state index contributed by atoms with van der Waals surface area (Å²) < 4.78 is 13.5. The van der Waals surface area contributed by atoms with Gasteiger partial charge in [0.05, 0.1) is 10.6 Å². The minimum absolute atomic E-state index is 0.0822. The second kappa shape index (κ2) is 7.04. The van der Waals surface area contributed by atoms with Crippen LogP contribution in [0.5, 0.6) is 0 Å². The minimum Gasteiger partial charge on any atom is -0.339 e. The van der Waals surface area contributed by atoms with Gasteiger partial charge in [-0.05, 0) is 50.9 Å². The minimum atomic E-state index is -0.546. The number of carbonyl (C=O) groups excluding carboxylic acids is 1. The molecule has 20 heavy (non-hydrogen) atoms. The molecule has 1 amide bonds. The Morgan fingerprint density at radius 1 is 1.45 bits per heavy atom. The number of hydrogen-bond donors (Lipinski definition) is 1. The highest BCUT2D eigenvalue weighted by Crippen LogP contribution is 2.22. The van der Waals surface area contributed by atoms with Gasteiger partial charge < -0.3 is 10.2 Å². The van der Waals surface area contributed by atoms with Gasteiger partial charge in [0.2, 0.25) is 0 Å². The van der Waals surface area contributed by atoms with Crippen LogP contribution in [-0.4, -0.2) is 37.0 Å². The summed E-state index contributed by atoms with van der Waals surface area (Å²) in [4.78, 5) is 14.2. The predicted octanol–water partition coefficient (Wildman–Crippen LogP) is 2.94. The number of nitrogens with zero attached hydrogens (tertiary/aromatic N) is 1. The summed E-state index contributed by atoms with van der Waals surface area (Å²) in [5, 5.41) is 3.23. The Balaban J connectivity index is 2.10. The van der Waals surface area contributed by atoms with Gasteiger partial charge in [0.1, 0.15) is 5.82 Å². The third kappa shape index (κ3) is 3.49. The Morgan fingerprint density at radius 3 is 2.80 bits per heavy atom. The number of hydrogen-bond acceptors (Lipinski definition) is 2. The molecule has 110 valence electrons. The molecule has 1 aliphatic heterocycles. The molecule has 1 N–H and O–H groups in total. The van der Waals surface area contributed by atoms with Crippen LogP contribution in [0.15, 0.2) is 18.2 Å². The highest BCUT2D eigenvalue weighted by atomic mass is 35.5. The zero-order chi connectivity index (χ0) is 14.5. The second-order valence-electron chi connectivity index (χ2n) is 5.14. The molecule has 1 fully saturated rings. The van der Waals surface area contributed by atoms with E-state index in [4.69, 9.17) is 11.6 Å². The number of benzene rings is 1. The summed E-state index contributed by atoms with van der Waals surface area (Å²) in [5.74, 6) is -0.224. The third-order valence-corrected chi connectivity index (χ3v) is 4.17. The summed E-state index contributed by atoms with van der Waals surface area (Å²) in [6, 6.07) is 4.37. The Labute approximate surface area is 124 Å². The molecule has 0 saturated carbocycles. The Hall–Kier alpha value is -1.13. The summed E-state index contributed by atoms with van der Waals surface area (Å²) in [6.07, 6.45) is 2.14. The normalized spacial score (nSPS) is 16.1. The second-order valence-corrected chi connectivity index (χ2v) is 5.52. The Morgan fingerprint density at radius 2 is 2.15 bits per heavy atom. The highest BCUT2D eigenvalue weighted by Gasteiger charge is 2.23. The number of carbonyl (C=O) groups is 1. The van der Waals surface area contributed by atoms with Gasteiger partial charge in [0, 0.05) is 13.1 Å². The molecule has 3 nitrogen and oxygen atoms in total. The van der Waals surface area contributed by atoms with Gasteiger partial charge in [-0.3, -0.25) is 4.79 Å². The topological polar surface area (TPSA) is 32.3 Å². The van der Waals surface area contributed by atoms with Crippen molar-refractivity contribution in [1.82, 2.24) is 10.2 Å². The van der Waals surface area contributed by atoms with E-state index in [9.17, 15) is 9.18 Å². The monoisotopic (exact) mass is 298 g/mol. The first kappa shape index (κ1) is 15.3. The predicted molar refractivity (Wildman–Crippen MR) is 78.6 cm³/mol. The maximum atomic E-state index is 13.5. The number of rotatable bonds is 4. The molecule has 0 radical (unpaired) electrons. The van der Waals surface area contributed by atoms with Crippen molar-refractivity contribution in [2.75, 3.05) is 26.2 Å². The van der Waals surface area contributed by atoms with Crippen LogP contribution in [0.25, 0.3) is 0 Å². The van der Waals surface area contributed by atoms with Gasteiger partial charge >= 0.3 is 0 Å². The van der Waals surface area contributed by atoms with Crippen molar-refractivity contribution < 1.29 is 9.18 Å². The summed E-state index contributed by atoms with van der Waals surface area (Å²) in [7, 11) is 0. The van der Waals surface area contributed by atoms with Crippen molar-refractivity contribution in [3.63, 3.8) is 0 Å². The number of amides is 1. The van der Waals surface area contributed by atoms with Crippen molar-refractivity contribution in [1.29, 1.82) is 0 Å². The fourth-order valence-electron chi connectivity index (χ4n) is 2.57. The van der Waals surface area contributed by atoms with Crippen LogP contribution in [0, 0.1) is 11.7 Å². The fraction of sp³-hybridized carbons (Fsp3) is 0.533. The van der Waals surface area contributed by atoms with Crippen LogP contribution in [0.1, 0.15) is 30.1 Å². The molecule has 1 saturated heterocycles. The molecular formula is C15H20ClFN2O. The van der Waals surface area contributed by atoms with Crippen molar-refractivity contribution >= 4 is 17.5 Å². The smallest absolute Gasteiger partial charge is 0.255 e. The fourth-order valence-corrected chi connectivity index (χ4v) is 2.78. The molecule has 5 heteroatoms. The summed E-state index contributed by atoms with van der Waals surface area (Å²) in [6.45, 7) is 5.25. The molecule has 1 aliphatic rings. The molecule has 0 bridgehead atoms. The van der Waals surface area contributed by atoms with E-state index in [0.29, 0.717) is 19.0 Å². The van der Waals surface area contributed by atoms with Crippen molar-refractivity contribution in [2.45, 2.75) is 19.8 Å². The molecule has 0 aromatic heterocycles. The van der Waals surface area contributed by atoms with Crippen LogP contribution in [0.4, 0.5) is 4.39 Å². The number of nitrogens with one attached hydrogen (secondary N) is 1. The van der Waals surface area contributed by atoms with Crippen molar-refractivity contribution in [3.8, 4) is 0 Å². The van der Waals surface area contributed by atoms with Crippen LogP contribution in [0.2, 0.25) is 5.02 Å². The lowest BCUT2D eigenvalue weighted by Crippen LogP contribution is -2.39. The van der Waals surface area contributed by atoms with E-state index >= 15 is 0 Å². The molecule has 1 aromatic rings. The molecule has 1 heterocycles. The van der Waals surface area contributed by atoms with Gasteiger partial charge in [0.25, 0.3) is 5.91 Å². The molecule has 1 aromatic carbocycles. The largest absolute Gasteiger partial charge is 0.339 e. The average molecular weight is 299 g/mol. The van der Waals surface area contributed by atoms with Gasteiger partial charge in [-0.2, -0.15) is 0 Å². The average Bonchev–Trinajstić information content (AvgIpc) is 2.48. The Kier molecular flexibility index (Phi) is 5.38. The zero-order valence-electron chi connectivity index (χ0n) is 11.7. The molecular weight excluding hydrogens is 279 g/mol. The van der Waals surface area contributed by atoms with Gasteiger partial charge in [-0.15, -0.1) is 0 Å². The molecule has 0 atom stereocenters. The highest BCUT2D eigenvalue weighted by molar-refractivity contribution is 6.34. The zero-order valence-corrected chi connectivity index (χ0v) is 12.4. The van der Waals surface area contributed by atoms with E-state index in [1.165, 1.54) is 12.1 Å². The molecule has 2 rings (SSSR count). The van der Waals surface area contributed by atoms with Crippen molar-refractivity contribution in [3.05, 3.63) is 34.6 Å². The number of piperidine rings is 1. The van der Waals surface area contributed by atoms with Crippen LogP contribution in [0.3, 0.4) is 0 Å². The van der Waals surface area contributed by atoms with E-state index < -0.39 is 5.82 Å². The summed E-state index contributed by atoms with van der Waals surface area (Å²) >= 11 is 5.90. The molecule has 0 spiro atoms. The van der Waals surface area contributed by atoms with E-state index in [2.05, 4.69) is 5.32 Å². The first-order chi connectivity index (χ1) is 9.63. The van der Waals surface area contributed by atoms with Gasteiger partial charge in [0.15, 0.2) is 0 Å². The van der Waals surface area contributed by atoms with E-state index in [1.54, 1.807) is 11.0 Å². The SMILES string of the molecule is CCN(CC1CCNCC1)C(=O)c1cccc(F)c1Cl. The first-order valence-corrected chi connectivity index (χ1v) is 7.45. The quantitative estimate of drug-likeness (QED) is 0.927. The molecule has 0 aliphatic carbocycles.